The lowest BCUT2D eigenvalue weighted by atomic mass is 10.1. The van der Waals surface area contributed by atoms with E-state index in [-0.39, 0.29) is 0 Å². The third-order valence-corrected chi connectivity index (χ3v) is 3.26. The van der Waals surface area contributed by atoms with Crippen LogP contribution in [0, 0.1) is 19.8 Å². The van der Waals surface area contributed by atoms with Crippen molar-refractivity contribution >= 4 is 22.7 Å². The Morgan fingerprint density at radius 2 is 2.15 bits per heavy atom. The van der Waals surface area contributed by atoms with Crippen molar-refractivity contribution in [3.05, 3.63) is 23.0 Å². The maximum absolute atomic E-state index is 12.1. The van der Waals surface area contributed by atoms with E-state index >= 15 is 0 Å². The Balaban J connectivity index is 2.29. The molecule has 5 nitrogen and oxygen atoms in total. The van der Waals surface area contributed by atoms with Crippen LogP contribution in [-0.4, -0.2) is 22.5 Å². The SMILES string of the molecule is Cc1cc(C)c2c(N)c(C(=O)OCCC(C)C)[nH]c2n1. The average Bonchev–Trinajstić information content (AvgIpc) is 2.65. The van der Waals surface area contributed by atoms with Gasteiger partial charge in [0.25, 0.3) is 0 Å². The molecule has 0 saturated carbocycles. The Kier molecular flexibility index (Phi) is 3.97. The summed E-state index contributed by atoms with van der Waals surface area (Å²) in [4.78, 5) is 19.4. The van der Waals surface area contributed by atoms with Crippen molar-refractivity contribution in [3.8, 4) is 0 Å². The highest BCUT2D eigenvalue weighted by atomic mass is 16.5. The van der Waals surface area contributed by atoms with Crippen LogP contribution in [0.15, 0.2) is 6.07 Å². The summed E-state index contributed by atoms with van der Waals surface area (Å²) < 4.78 is 5.24. The number of aryl methyl sites for hydroxylation is 2. The number of pyridine rings is 1. The lowest BCUT2D eigenvalue weighted by molar-refractivity contribution is 0.0483. The van der Waals surface area contributed by atoms with E-state index in [9.17, 15) is 4.79 Å². The summed E-state index contributed by atoms with van der Waals surface area (Å²) in [5.41, 5.74) is 9.29. The third-order valence-electron chi connectivity index (χ3n) is 3.26. The summed E-state index contributed by atoms with van der Waals surface area (Å²) >= 11 is 0. The van der Waals surface area contributed by atoms with E-state index in [1.165, 1.54) is 0 Å². The second-order valence-corrected chi connectivity index (χ2v) is 5.54. The zero-order chi connectivity index (χ0) is 14.9. The molecule has 0 atom stereocenters. The molecule has 2 rings (SSSR count). The van der Waals surface area contributed by atoms with E-state index in [4.69, 9.17) is 10.5 Å². The van der Waals surface area contributed by atoms with Crippen molar-refractivity contribution < 1.29 is 9.53 Å². The molecule has 0 radical (unpaired) electrons. The molecule has 3 N–H and O–H groups in total. The number of anilines is 1. The van der Waals surface area contributed by atoms with E-state index in [1.54, 1.807) is 0 Å². The van der Waals surface area contributed by atoms with Gasteiger partial charge in [-0.05, 0) is 37.8 Å². The quantitative estimate of drug-likeness (QED) is 0.840. The van der Waals surface area contributed by atoms with Crippen LogP contribution in [0.2, 0.25) is 0 Å². The second-order valence-electron chi connectivity index (χ2n) is 5.54. The van der Waals surface area contributed by atoms with Gasteiger partial charge < -0.3 is 15.5 Å². The fourth-order valence-electron chi connectivity index (χ4n) is 2.20. The predicted molar refractivity (Wildman–Crippen MR) is 79.7 cm³/mol. The van der Waals surface area contributed by atoms with Gasteiger partial charge in [-0.1, -0.05) is 13.8 Å². The topological polar surface area (TPSA) is 81.0 Å². The van der Waals surface area contributed by atoms with Gasteiger partial charge in [0.1, 0.15) is 5.65 Å². The molecule has 0 unspecified atom stereocenters. The molecular weight excluding hydrogens is 254 g/mol. The van der Waals surface area contributed by atoms with Gasteiger partial charge in [-0.3, -0.25) is 0 Å². The van der Waals surface area contributed by atoms with Crippen LogP contribution in [0.5, 0.6) is 0 Å². The fourth-order valence-corrected chi connectivity index (χ4v) is 2.20. The highest BCUT2D eigenvalue weighted by Crippen LogP contribution is 2.27. The lowest BCUT2D eigenvalue weighted by Crippen LogP contribution is -2.10. The minimum atomic E-state index is -0.418. The van der Waals surface area contributed by atoms with Gasteiger partial charge in [0.05, 0.1) is 12.3 Å². The number of nitrogens with two attached hydrogens (primary N) is 1. The van der Waals surface area contributed by atoms with Crippen molar-refractivity contribution in [2.75, 3.05) is 12.3 Å². The van der Waals surface area contributed by atoms with Gasteiger partial charge in [0.2, 0.25) is 0 Å². The molecule has 0 saturated heterocycles. The Hall–Kier alpha value is -2.04. The largest absolute Gasteiger partial charge is 0.461 e. The van der Waals surface area contributed by atoms with Crippen LogP contribution < -0.4 is 5.73 Å². The molecule has 0 aromatic carbocycles. The highest BCUT2D eigenvalue weighted by molar-refractivity contribution is 6.05. The first kappa shape index (κ1) is 14.4. The van der Waals surface area contributed by atoms with Gasteiger partial charge in [-0.15, -0.1) is 0 Å². The molecule has 5 heteroatoms. The van der Waals surface area contributed by atoms with Crippen molar-refractivity contribution in [1.82, 2.24) is 9.97 Å². The predicted octanol–water partition coefficient (Wildman–Crippen LogP) is 2.96. The number of nitrogens with one attached hydrogen (secondary N) is 1. The third kappa shape index (κ3) is 2.76. The molecule has 2 aromatic rings. The molecule has 0 aliphatic carbocycles. The van der Waals surface area contributed by atoms with Crippen molar-refractivity contribution in [3.63, 3.8) is 0 Å². The fraction of sp³-hybridized carbons (Fsp3) is 0.467. The van der Waals surface area contributed by atoms with Gasteiger partial charge in [0.15, 0.2) is 5.69 Å². The number of carbonyl (C=O) groups excluding carboxylic acids is 1. The summed E-state index contributed by atoms with van der Waals surface area (Å²) in [5.74, 6) is 0.0765. The van der Waals surface area contributed by atoms with Crippen LogP contribution in [0.4, 0.5) is 5.69 Å². The molecule has 2 aromatic heterocycles. The van der Waals surface area contributed by atoms with Crippen LogP contribution in [0.25, 0.3) is 11.0 Å². The first-order chi connectivity index (χ1) is 9.40. The minimum Gasteiger partial charge on any atom is -0.461 e. The van der Waals surface area contributed by atoms with Crippen molar-refractivity contribution in [1.29, 1.82) is 0 Å². The molecule has 0 bridgehead atoms. The number of ether oxygens (including phenoxy) is 1. The van der Waals surface area contributed by atoms with E-state index < -0.39 is 5.97 Å². The van der Waals surface area contributed by atoms with Crippen LogP contribution in [0.1, 0.15) is 42.0 Å². The number of hydrogen-bond donors (Lipinski definition) is 2. The molecule has 108 valence electrons. The minimum absolute atomic E-state index is 0.296. The zero-order valence-electron chi connectivity index (χ0n) is 12.4. The number of aromatic nitrogens is 2. The standard InChI is InChI=1S/C15H21N3O2/c1-8(2)5-6-20-15(19)13-12(16)11-9(3)7-10(4)17-14(11)18-13/h7-8H,5-6,16H2,1-4H3,(H,17,18). The maximum Gasteiger partial charge on any atom is 0.356 e. The number of rotatable bonds is 4. The highest BCUT2D eigenvalue weighted by Gasteiger charge is 2.19. The Bertz CT molecular complexity index is 644. The van der Waals surface area contributed by atoms with E-state index in [1.807, 2.05) is 19.9 Å². The summed E-state index contributed by atoms with van der Waals surface area (Å²) in [6.07, 6.45) is 0.836. The van der Waals surface area contributed by atoms with Gasteiger partial charge in [-0.25, -0.2) is 9.78 Å². The number of carbonyl (C=O) groups is 1. The first-order valence-electron chi connectivity index (χ1n) is 6.82. The molecule has 0 amide bonds. The second kappa shape index (κ2) is 5.53. The van der Waals surface area contributed by atoms with Gasteiger partial charge in [-0.2, -0.15) is 0 Å². The number of fused-ring (bicyclic) bond motifs is 1. The molecule has 2 heterocycles. The lowest BCUT2D eigenvalue weighted by Gasteiger charge is -2.06. The summed E-state index contributed by atoms with van der Waals surface area (Å²) in [6.45, 7) is 8.43. The molecule has 0 aliphatic heterocycles. The number of nitrogens with zero attached hydrogens (tertiary/aromatic N) is 1. The maximum atomic E-state index is 12.1. The van der Waals surface area contributed by atoms with Crippen molar-refractivity contribution in [2.45, 2.75) is 34.1 Å². The number of nitrogen functional groups attached to an aromatic ring is 1. The monoisotopic (exact) mass is 275 g/mol. The van der Waals surface area contributed by atoms with Crippen LogP contribution in [-0.2, 0) is 4.74 Å². The number of esters is 1. The van der Waals surface area contributed by atoms with E-state index in [0.717, 1.165) is 23.1 Å². The van der Waals surface area contributed by atoms with E-state index in [0.29, 0.717) is 29.6 Å². The normalized spacial score (nSPS) is 11.2. The average molecular weight is 275 g/mol. The Labute approximate surface area is 118 Å². The van der Waals surface area contributed by atoms with Crippen LogP contribution >= 0.6 is 0 Å². The summed E-state index contributed by atoms with van der Waals surface area (Å²) in [7, 11) is 0. The molecular formula is C15H21N3O2. The molecule has 0 spiro atoms. The molecule has 0 aliphatic rings. The number of H-pyrrole nitrogens is 1. The molecule has 0 fully saturated rings. The number of hydrogen-bond acceptors (Lipinski definition) is 4. The number of aromatic amines is 1. The zero-order valence-corrected chi connectivity index (χ0v) is 12.4. The summed E-state index contributed by atoms with van der Waals surface area (Å²) in [5, 5.41) is 0.798. The Morgan fingerprint density at radius 3 is 2.80 bits per heavy atom. The van der Waals surface area contributed by atoms with E-state index in [2.05, 4.69) is 23.8 Å². The summed E-state index contributed by atoms with van der Waals surface area (Å²) in [6, 6.07) is 1.94. The van der Waals surface area contributed by atoms with Gasteiger partial charge in [0, 0.05) is 11.1 Å². The van der Waals surface area contributed by atoms with Gasteiger partial charge >= 0.3 is 5.97 Å². The Morgan fingerprint density at radius 1 is 1.45 bits per heavy atom. The molecule has 20 heavy (non-hydrogen) atoms. The first-order valence-corrected chi connectivity index (χ1v) is 6.82. The van der Waals surface area contributed by atoms with Crippen LogP contribution in [0.3, 0.4) is 0 Å². The van der Waals surface area contributed by atoms with Crippen molar-refractivity contribution in [2.24, 2.45) is 5.92 Å². The smallest absolute Gasteiger partial charge is 0.356 e.